The maximum atomic E-state index is 12.4. The smallest absolute Gasteiger partial charge is 0.256 e. The fourth-order valence-electron chi connectivity index (χ4n) is 2.51. The third kappa shape index (κ3) is 4.01. The van der Waals surface area contributed by atoms with Crippen LogP contribution in [0, 0.1) is 11.5 Å². The third-order valence-electron chi connectivity index (χ3n) is 3.83. The molecule has 0 aliphatic heterocycles. The average Bonchev–Trinajstić information content (AvgIpc) is 2.59. The second kappa shape index (κ2) is 6.62. The summed E-state index contributed by atoms with van der Waals surface area (Å²) in [5.74, 6) is 3.92. The quantitative estimate of drug-likeness (QED) is 0.550. The second-order valence-corrected chi connectivity index (χ2v) is 11.8. The normalized spacial score (nSPS) is 11.0. The van der Waals surface area contributed by atoms with Gasteiger partial charge in [-0.15, -0.1) is 5.54 Å². The topological polar surface area (TPSA) is 42.1 Å². The monoisotopic (exact) mass is 347 g/mol. The van der Waals surface area contributed by atoms with Crippen LogP contribution in [0.2, 0.25) is 19.6 Å². The van der Waals surface area contributed by atoms with Crippen LogP contribution < -0.4 is 10.3 Å². The van der Waals surface area contributed by atoms with Crippen LogP contribution in [-0.2, 0) is 0 Å². The molecule has 0 aliphatic carbocycles. The SMILES string of the molecule is COc1ccc2cc(-c3ccc(C#C[Si](C)(C)C)cc3)[nH]c(=O)c2c1. The molecule has 2 aromatic carbocycles. The van der Waals surface area contributed by atoms with Gasteiger partial charge in [0.1, 0.15) is 13.8 Å². The van der Waals surface area contributed by atoms with Gasteiger partial charge >= 0.3 is 0 Å². The summed E-state index contributed by atoms with van der Waals surface area (Å²) < 4.78 is 5.19. The highest BCUT2D eigenvalue weighted by Gasteiger charge is 2.08. The van der Waals surface area contributed by atoms with E-state index in [-0.39, 0.29) is 5.56 Å². The third-order valence-corrected chi connectivity index (χ3v) is 4.71. The summed E-state index contributed by atoms with van der Waals surface area (Å²) in [5, 5.41) is 1.52. The molecule has 3 nitrogen and oxygen atoms in total. The number of ether oxygens (including phenoxy) is 1. The minimum Gasteiger partial charge on any atom is -0.497 e. The maximum Gasteiger partial charge on any atom is 0.256 e. The van der Waals surface area contributed by atoms with Crippen LogP contribution >= 0.6 is 0 Å². The lowest BCUT2D eigenvalue weighted by molar-refractivity contribution is 0.415. The van der Waals surface area contributed by atoms with Crippen molar-refractivity contribution in [2.45, 2.75) is 19.6 Å². The van der Waals surface area contributed by atoms with E-state index >= 15 is 0 Å². The molecule has 0 fully saturated rings. The molecule has 0 unspecified atom stereocenters. The summed E-state index contributed by atoms with van der Waals surface area (Å²) in [4.78, 5) is 15.3. The number of nitrogens with one attached hydrogen (secondary N) is 1. The molecule has 0 saturated carbocycles. The minimum absolute atomic E-state index is 0.117. The number of H-pyrrole nitrogens is 1. The Labute approximate surface area is 148 Å². The van der Waals surface area contributed by atoms with E-state index < -0.39 is 8.07 Å². The first-order chi connectivity index (χ1) is 11.9. The lowest BCUT2D eigenvalue weighted by Crippen LogP contribution is -2.16. The molecule has 0 spiro atoms. The molecule has 1 aromatic heterocycles. The molecular weight excluding hydrogens is 326 g/mol. The van der Waals surface area contributed by atoms with E-state index in [0.717, 1.165) is 22.2 Å². The van der Waals surface area contributed by atoms with Gasteiger partial charge < -0.3 is 9.72 Å². The maximum absolute atomic E-state index is 12.4. The zero-order chi connectivity index (χ0) is 18.0. The molecule has 0 amide bonds. The average molecular weight is 347 g/mol. The van der Waals surface area contributed by atoms with E-state index in [9.17, 15) is 4.79 Å². The van der Waals surface area contributed by atoms with E-state index in [1.165, 1.54) is 0 Å². The molecule has 3 aromatic rings. The number of hydrogen-bond acceptors (Lipinski definition) is 2. The van der Waals surface area contributed by atoms with Gasteiger partial charge in [-0.3, -0.25) is 4.79 Å². The van der Waals surface area contributed by atoms with Crippen LogP contribution in [0.5, 0.6) is 5.75 Å². The van der Waals surface area contributed by atoms with Crippen LogP contribution in [-0.4, -0.2) is 20.2 Å². The van der Waals surface area contributed by atoms with Crippen LogP contribution in [0.3, 0.4) is 0 Å². The minimum atomic E-state index is -1.38. The molecule has 0 aliphatic rings. The lowest BCUT2D eigenvalue weighted by atomic mass is 10.1. The Balaban J connectivity index is 1.99. The number of aromatic nitrogens is 1. The van der Waals surface area contributed by atoms with Gasteiger partial charge in [0.2, 0.25) is 0 Å². The first-order valence-electron chi connectivity index (χ1n) is 8.20. The van der Waals surface area contributed by atoms with Crippen molar-refractivity contribution in [2.75, 3.05) is 7.11 Å². The van der Waals surface area contributed by atoms with E-state index in [2.05, 4.69) is 36.1 Å². The van der Waals surface area contributed by atoms with Gasteiger partial charge in [0.15, 0.2) is 0 Å². The van der Waals surface area contributed by atoms with Crippen LogP contribution in [0.25, 0.3) is 22.0 Å². The summed E-state index contributed by atoms with van der Waals surface area (Å²) in [6.45, 7) is 6.68. The molecule has 1 N–H and O–H groups in total. The first-order valence-corrected chi connectivity index (χ1v) is 11.7. The number of methoxy groups -OCH3 is 1. The van der Waals surface area contributed by atoms with Crippen molar-refractivity contribution >= 4 is 18.8 Å². The van der Waals surface area contributed by atoms with Gasteiger partial charge in [-0.1, -0.05) is 43.8 Å². The second-order valence-electron chi connectivity index (χ2n) is 7.04. The summed E-state index contributed by atoms with van der Waals surface area (Å²) >= 11 is 0. The van der Waals surface area contributed by atoms with Gasteiger partial charge in [0, 0.05) is 11.3 Å². The lowest BCUT2D eigenvalue weighted by Gasteiger charge is -2.06. The summed E-state index contributed by atoms with van der Waals surface area (Å²) in [6, 6.07) is 15.5. The summed E-state index contributed by atoms with van der Waals surface area (Å²) in [7, 11) is 0.211. The summed E-state index contributed by atoms with van der Waals surface area (Å²) in [5.41, 5.74) is 6.01. The fraction of sp³-hybridized carbons (Fsp3) is 0.190. The van der Waals surface area contributed by atoms with Crippen molar-refractivity contribution in [3.8, 4) is 28.5 Å². The molecule has 25 heavy (non-hydrogen) atoms. The Morgan fingerprint density at radius 3 is 2.36 bits per heavy atom. The van der Waals surface area contributed by atoms with Crippen molar-refractivity contribution in [3.63, 3.8) is 0 Å². The molecule has 0 radical (unpaired) electrons. The van der Waals surface area contributed by atoms with Crippen molar-refractivity contribution in [2.24, 2.45) is 0 Å². The van der Waals surface area contributed by atoms with E-state index in [1.807, 2.05) is 42.5 Å². The van der Waals surface area contributed by atoms with Crippen LogP contribution in [0.1, 0.15) is 5.56 Å². The molecule has 3 rings (SSSR count). The molecule has 4 heteroatoms. The largest absolute Gasteiger partial charge is 0.497 e. The predicted molar refractivity (Wildman–Crippen MR) is 107 cm³/mol. The van der Waals surface area contributed by atoms with E-state index in [1.54, 1.807) is 13.2 Å². The Hall–Kier alpha value is -2.77. The van der Waals surface area contributed by atoms with Gasteiger partial charge in [-0.2, -0.15) is 0 Å². The molecule has 1 heterocycles. The molecule has 126 valence electrons. The van der Waals surface area contributed by atoms with Gasteiger partial charge in [-0.05, 0) is 41.3 Å². The zero-order valence-corrected chi connectivity index (χ0v) is 15.9. The molecule has 0 atom stereocenters. The Morgan fingerprint density at radius 1 is 1.00 bits per heavy atom. The fourth-order valence-corrected chi connectivity index (χ4v) is 3.03. The Bertz CT molecular complexity index is 1030. The molecule has 0 saturated heterocycles. The van der Waals surface area contributed by atoms with Crippen LogP contribution in [0.4, 0.5) is 0 Å². The number of benzene rings is 2. The van der Waals surface area contributed by atoms with E-state index in [4.69, 9.17) is 4.74 Å². The Kier molecular flexibility index (Phi) is 4.52. The van der Waals surface area contributed by atoms with Gasteiger partial charge in [0.25, 0.3) is 5.56 Å². The highest BCUT2D eigenvalue weighted by Crippen LogP contribution is 2.23. The molecular formula is C21H21NO2Si. The van der Waals surface area contributed by atoms with Crippen LogP contribution in [0.15, 0.2) is 53.3 Å². The predicted octanol–water partition coefficient (Wildman–Crippen LogP) is 4.43. The van der Waals surface area contributed by atoms with Crippen molar-refractivity contribution in [3.05, 3.63) is 64.4 Å². The van der Waals surface area contributed by atoms with Gasteiger partial charge in [-0.25, -0.2) is 0 Å². The number of aromatic amines is 1. The van der Waals surface area contributed by atoms with Gasteiger partial charge in [0.05, 0.1) is 12.5 Å². The zero-order valence-electron chi connectivity index (χ0n) is 14.9. The highest BCUT2D eigenvalue weighted by atomic mass is 28.3. The van der Waals surface area contributed by atoms with E-state index in [0.29, 0.717) is 11.1 Å². The van der Waals surface area contributed by atoms with Crippen molar-refractivity contribution < 1.29 is 4.74 Å². The number of rotatable bonds is 2. The standard InChI is InChI=1S/C21H21NO2Si/c1-24-18-10-9-17-13-20(22-21(23)19(17)14-18)16-7-5-15(6-8-16)11-12-25(2,3)4/h5-10,13-14H,1-4H3,(H,22,23). The van der Waals surface area contributed by atoms with Crippen molar-refractivity contribution in [1.82, 2.24) is 4.98 Å². The highest BCUT2D eigenvalue weighted by molar-refractivity contribution is 6.83. The Morgan fingerprint density at radius 2 is 1.72 bits per heavy atom. The number of hydrogen-bond donors (Lipinski definition) is 1. The van der Waals surface area contributed by atoms with Crippen molar-refractivity contribution in [1.29, 1.82) is 0 Å². The number of fused-ring (bicyclic) bond motifs is 1. The first kappa shape index (κ1) is 17.1. The summed E-state index contributed by atoms with van der Waals surface area (Å²) in [6.07, 6.45) is 0. The number of pyridine rings is 1. The molecule has 0 bridgehead atoms.